The first kappa shape index (κ1) is 14.5. The quantitative estimate of drug-likeness (QED) is 0.922. The highest BCUT2D eigenvalue weighted by Crippen LogP contribution is 2.33. The third kappa shape index (κ3) is 3.57. The molecule has 0 bridgehead atoms. The molecule has 1 saturated heterocycles. The van der Waals surface area contributed by atoms with E-state index in [0.29, 0.717) is 16.7 Å². The predicted molar refractivity (Wildman–Crippen MR) is 78.2 cm³/mol. The zero-order chi connectivity index (χ0) is 13.9. The fourth-order valence-electron chi connectivity index (χ4n) is 3.04. The molecule has 3 nitrogen and oxygen atoms in total. The Hall–Kier alpha value is -0.870. The summed E-state index contributed by atoms with van der Waals surface area (Å²) in [4.78, 5) is 0.437. The zero-order valence-electron chi connectivity index (χ0n) is 11.7. The molecule has 0 saturated carbocycles. The largest absolute Gasteiger partial charge is 0.316 e. The van der Waals surface area contributed by atoms with Crippen molar-refractivity contribution in [3.8, 4) is 0 Å². The van der Waals surface area contributed by atoms with Gasteiger partial charge in [0.1, 0.15) is 0 Å². The number of hydrogen-bond acceptors (Lipinski definition) is 3. The molecule has 1 heterocycles. The number of nitrogens with one attached hydrogen (secondary N) is 1. The second kappa shape index (κ2) is 6.06. The van der Waals surface area contributed by atoms with E-state index in [1.165, 1.54) is 24.7 Å². The molecule has 2 rings (SSSR count). The van der Waals surface area contributed by atoms with Crippen molar-refractivity contribution in [2.24, 2.45) is 5.92 Å². The van der Waals surface area contributed by atoms with E-state index in [-0.39, 0.29) is 0 Å². The lowest BCUT2D eigenvalue weighted by Gasteiger charge is -2.30. The van der Waals surface area contributed by atoms with Crippen LogP contribution in [0.3, 0.4) is 0 Å². The monoisotopic (exact) mass is 281 g/mol. The highest BCUT2D eigenvalue weighted by Gasteiger charge is 2.24. The summed E-state index contributed by atoms with van der Waals surface area (Å²) in [7, 11) is -3.11. The van der Waals surface area contributed by atoms with Gasteiger partial charge in [-0.3, -0.25) is 0 Å². The van der Waals surface area contributed by atoms with Crippen LogP contribution >= 0.6 is 0 Å². The summed E-state index contributed by atoms with van der Waals surface area (Å²) in [5.41, 5.74) is 1.17. The Balaban J connectivity index is 2.27. The average Bonchev–Trinajstić information content (AvgIpc) is 2.40. The molecule has 19 heavy (non-hydrogen) atoms. The smallest absolute Gasteiger partial charge is 0.175 e. The van der Waals surface area contributed by atoms with Crippen LogP contribution in [-0.4, -0.2) is 27.8 Å². The fraction of sp³-hybridized carbons (Fsp3) is 0.600. The van der Waals surface area contributed by atoms with E-state index in [2.05, 4.69) is 18.3 Å². The van der Waals surface area contributed by atoms with Gasteiger partial charge >= 0.3 is 0 Å². The Morgan fingerprint density at radius 3 is 2.79 bits per heavy atom. The molecule has 1 unspecified atom stereocenters. The topological polar surface area (TPSA) is 46.2 Å². The molecule has 106 valence electrons. The Bertz CT molecular complexity index is 519. The summed E-state index contributed by atoms with van der Waals surface area (Å²) in [5.74, 6) is 1.07. The molecular weight excluding hydrogens is 258 g/mol. The maximum atomic E-state index is 11.7. The summed E-state index contributed by atoms with van der Waals surface area (Å²) < 4.78 is 23.3. The molecule has 0 radical (unpaired) electrons. The Kier molecular flexibility index (Phi) is 4.63. The normalized spacial score (nSPS) is 22.1. The molecule has 1 aliphatic rings. The maximum absolute atomic E-state index is 11.7. The lowest BCUT2D eigenvalue weighted by atomic mass is 9.80. The molecular formula is C15H23NO2S. The van der Waals surface area contributed by atoms with E-state index in [1.807, 2.05) is 12.1 Å². The minimum absolute atomic E-state index is 0.437. The van der Waals surface area contributed by atoms with Crippen LogP contribution in [0.15, 0.2) is 29.2 Å². The Morgan fingerprint density at radius 1 is 1.42 bits per heavy atom. The first-order valence-corrected chi connectivity index (χ1v) is 8.92. The number of benzene rings is 1. The zero-order valence-corrected chi connectivity index (χ0v) is 12.5. The van der Waals surface area contributed by atoms with Crippen molar-refractivity contribution >= 4 is 9.84 Å². The highest BCUT2D eigenvalue weighted by atomic mass is 32.2. The van der Waals surface area contributed by atoms with Crippen molar-refractivity contribution in [3.63, 3.8) is 0 Å². The Labute approximate surface area is 116 Å². The Morgan fingerprint density at radius 2 is 2.21 bits per heavy atom. The number of rotatable bonds is 4. The average molecular weight is 281 g/mol. The van der Waals surface area contributed by atoms with Gasteiger partial charge in [0.25, 0.3) is 0 Å². The van der Waals surface area contributed by atoms with Crippen molar-refractivity contribution in [1.82, 2.24) is 5.32 Å². The van der Waals surface area contributed by atoms with Crippen LogP contribution in [0.2, 0.25) is 0 Å². The van der Waals surface area contributed by atoms with Gasteiger partial charge in [-0.1, -0.05) is 19.1 Å². The summed E-state index contributed by atoms with van der Waals surface area (Å²) in [6.07, 6.45) is 4.77. The highest BCUT2D eigenvalue weighted by molar-refractivity contribution is 7.90. The number of piperidine rings is 1. The van der Waals surface area contributed by atoms with Crippen LogP contribution < -0.4 is 5.32 Å². The van der Waals surface area contributed by atoms with Crippen LogP contribution in [0, 0.1) is 5.92 Å². The van der Waals surface area contributed by atoms with Gasteiger partial charge in [-0.2, -0.15) is 0 Å². The molecule has 1 aromatic carbocycles. The summed E-state index contributed by atoms with van der Waals surface area (Å²) in [6, 6.07) is 7.48. The van der Waals surface area contributed by atoms with Gasteiger partial charge < -0.3 is 5.32 Å². The van der Waals surface area contributed by atoms with Crippen LogP contribution in [-0.2, 0) is 9.84 Å². The maximum Gasteiger partial charge on any atom is 0.175 e. The van der Waals surface area contributed by atoms with Gasteiger partial charge in [0.2, 0.25) is 0 Å². The standard InChI is InChI=1S/C15H23NO2S/c1-3-15(13-7-5-9-16-11-13)12-6-4-8-14(10-12)19(2,17)18/h4,6,8,10,13,15-16H,3,5,7,9,11H2,1-2H3/t13-,15?/m1/s1. The summed E-state index contributed by atoms with van der Waals surface area (Å²) in [5, 5.41) is 3.45. The van der Waals surface area contributed by atoms with Crippen LogP contribution in [0.1, 0.15) is 37.7 Å². The van der Waals surface area contributed by atoms with E-state index >= 15 is 0 Å². The van der Waals surface area contributed by atoms with Gasteiger partial charge in [0.05, 0.1) is 4.90 Å². The van der Waals surface area contributed by atoms with E-state index in [9.17, 15) is 8.42 Å². The fourth-order valence-corrected chi connectivity index (χ4v) is 3.72. The first-order valence-electron chi connectivity index (χ1n) is 7.03. The third-order valence-electron chi connectivity index (χ3n) is 4.06. The molecule has 0 amide bonds. The molecule has 1 aliphatic heterocycles. The molecule has 0 aliphatic carbocycles. The molecule has 0 aromatic heterocycles. The van der Waals surface area contributed by atoms with Crippen molar-refractivity contribution in [2.45, 2.75) is 37.0 Å². The number of hydrogen-bond donors (Lipinski definition) is 1. The van der Waals surface area contributed by atoms with Crippen molar-refractivity contribution < 1.29 is 8.42 Å². The molecule has 0 spiro atoms. The van der Waals surface area contributed by atoms with Crippen molar-refractivity contribution in [2.75, 3.05) is 19.3 Å². The van der Waals surface area contributed by atoms with Crippen LogP contribution in [0.4, 0.5) is 0 Å². The number of sulfone groups is 1. The van der Waals surface area contributed by atoms with Gasteiger partial charge in [0.15, 0.2) is 9.84 Å². The SMILES string of the molecule is CCC(c1cccc(S(C)(=O)=O)c1)[C@@H]1CCCNC1. The lowest BCUT2D eigenvalue weighted by Crippen LogP contribution is -2.33. The first-order chi connectivity index (χ1) is 9.02. The molecule has 1 fully saturated rings. The van der Waals surface area contributed by atoms with Crippen LogP contribution in [0.25, 0.3) is 0 Å². The van der Waals surface area contributed by atoms with Crippen LogP contribution in [0.5, 0.6) is 0 Å². The van der Waals surface area contributed by atoms with E-state index in [4.69, 9.17) is 0 Å². The molecule has 1 aromatic rings. The molecule has 4 heteroatoms. The van der Waals surface area contributed by atoms with Gasteiger partial charge in [-0.25, -0.2) is 8.42 Å². The van der Waals surface area contributed by atoms with E-state index in [0.717, 1.165) is 19.5 Å². The van der Waals surface area contributed by atoms with Gasteiger partial charge in [-0.05, 0) is 61.9 Å². The van der Waals surface area contributed by atoms with E-state index < -0.39 is 9.84 Å². The lowest BCUT2D eigenvalue weighted by molar-refractivity contribution is 0.316. The van der Waals surface area contributed by atoms with Crippen molar-refractivity contribution in [1.29, 1.82) is 0 Å². The van der Waals surface area contributed by atoms with Gasteiger partial charge in [-0.15, -0.1) is 0 Å². The minimum Gasteiger partial charge on any atom is -0.316 e. The van der Waals surface area contributed by atoms with Gasteiger partial charge in [0, 0.05) is 6.26 Å². The second-order valence-electron chi connectivity index (χ2n) is 5.47. The predicted octanol–water partition coefficient (Wildman–Crippen LogP) is 2.58. The third-order valence-corrected chi connectivity index (χ3v) is 5.17. The summed E-state index contributed by atoms with van der Waals surface area (Å²) in [6.45, 7) is 4.34. The molecule has 2 atom stereocenters. The van der Waals surface area contributed by atoms with Crippen molar-refractivity contribution in [3.05, 3.63) is 29.8 Å². The molecule has 1 N–H and O–H groups in total. The second-order valence-corrected chi connectivity index (χ2v) is 7.48. The summed E-state index contributed by atoms with van der Waals surface area (Å²) >= 11 is 0. The minimum atomic E-state index is -3.11. The van der Waals surface area contributed by atoms with E-state index in [1.54, 1.807) is 6.07 Å².